The van der Waals surface area contributed by atoms with Crippen LogP contribution >= 0.6 is 0 Å². The minimum atomic E-state index is -0.917. The second kappa shape index (κ2) is 11.7. The third-order valence-electron chi connectivity index (χ3n) is 6.28. The third-order valence-corrected chi connectivity index (χ3v) is 6.28. The van der Waals surface area contributed by atoms with Crippen molar-refractivity contribution in [2.75, 3.05) is 13.7 Å². The third kappa shape index (κ3) is 5.75. The Morgan fingerprint density at radius 2 is 1.52 bits per heavy atom. The summed E-state index contributed by atoms with van der Waals surface area (Å²) in [6.07, 6.45) is -1.80. The molecule has 216 valence electrons. The fraction of sp³-hybridized carbons (Fsp3) is 0.226. The summed E-state index contributed by atoms with van der Waals surface area (Å²) in [5.74, 6) is -0.931. The quantitative estimate of drug-likeness (QED) is 0.223. The van der Waals surface area contributed by atoms with E-state index in [2.05, 4.69) is 0 Å². The zero-order valence-corrected chi connectivity index (χ0v) is 23.1. The molecule has 1 aliphatic heterocycles. The predicted molar refractivity (Wildman–Crippen MR) is 148 cm³/mol. The molecular weight excluding hydrogens is 548 g/mol. The number of ether oxygens (including phenoxy) is 6. The lowest BCUT2D eigenvalue weighted by atomic mass is 10.0. The van der Waals surface area contributed by atoms with Crippen LogP contribution in [0.1, 0.15) is 32.4 Å². The Hall–Kier alpha value is -5.32. The Kier molecular flexibility index (Phi) is 7.83. The first-order valence-corrected chi connectivity index (χ1v) is 12.9. The lowest BCUT2D eigenvalue weighted by Gasteiger charge is -2.34. The van der Waals surface area contributed by atoms with Crippen LogP contribution in [0, 0.1) is 0 Å². The number of esters is 3. The highest BCUT2D eigenvalue weighted by Gasteiger charge is 2.38. The minimum Gasteiger partial charge on any atom is -0.493 e. The summed E-state index contributed by atoms with van der Waals surface area (Å²) in [5.41, 5.74) is 0.680. The first kappa shape index (κ1) is 28.2. The van der Waals surface area contributed by atoms with Crippen molar-refractivity contribution in [3.05, 3.63) is 76.5 Å². The molecule has 0 aliphatic carbocycles. The topological polar surface area (TPSA) is 137 Å². The molecule has 0 bridgehead atoms. The van der Waals surface area contributed by atoms with Gasteiger partial charge in [0, 0.05) is 44.0 Å². The number of carbonyl (C=O) groups is 3. The molecule has 0 saturated carbocycles. The number of carbonyl (C=O) groups excluding carboxylic acids is 3. The molecule has 0 radical (unpaired) electrons. The first-order chi connectivity index (χ1) is 20.1. The van der Waals surface area contributed by atoms with Crippen LogP contribution in [0.2, 0.25) is 0 Å². The highest BCUT2D eigenvalue weighted by molar-refractivity contribution is 5.93. The van der Waals surface area contributed by atoms with Crippen molar-refractivity contribution in [2.45, 2.75) is 33.0 Å². The van der Waals surface area contributed by atoms with E-state index in [1.807, 2.05) is 6.07 Å². The normalized spacial score (nSPS) is 15.5. The molecule has 4 aromatic rings. The maximum Gasteiger partial charge on any atom is 0.308 e. The molecule has 0 N–H and O–H groups in total. The maximum absolute atomic E-state index is 13.4. The summed E-state index contributed by atoms with van der Waals surface area (Å²) >= 11 is 0. The van der Waals surface area contributed by atoms with Gasteiger partial charge in [0.1, 0.15) is 23.5 Å². The molecule has 0 spiro atoms. The Bertz CT molecular complexity index is 1740. The summed E-state index contributed by atoms with van der Waals surface area (Å²) in [6.45, 7) is 3.51. The second-order valence-electron chi connectivity index (χ2n) is 9.34. The molecule has 0 fully saturated rings. The van der Waals surface area contributed by atoms with Crippen LogP contribution in [0.15, 0.2) is 69.9 Å². The van der Waals surface area contributed by atoms with Gasteiger partial charge in [-0.2, -0.15) is 0 Å². The largest absolute Gasteiger partial charge is 0.493 e. The van der Waals surface area contributed by atoms with E-state index in [1.165, 1.54) is 46.1 Å². The molecular formula is C31H26O11. The number of methoxy groups -OCH3 is 1. The molecule has 11 nitrogen and oxygen atoms in total. The van der Waals surface area contributed by atoms with E-state index in [1.54, 1.807) is 36.4 Å². The molecule has 2 heterocycles. The zero-order valence-electron chi connectivity index (χ0n) is 23.1. The summed E-state index contributed by atoms with van der Waals surface area (Å²) < 4.78 is 40.2. The van der Waals surface area contributed by atoms with Crippen molar-refractivity contribution >= 4 is 28.9 Å². The van der Waals surface area contributed by atoms with Crippen LogP contribution in [-0.2, 0) is 19.1 Å². The van der Waals surface area contributed by atoms with Gasteiger partial charge in [-0.05, 0) is 12.1 Å². The first-order valence-electron chi connectivity index (χ1n) is 12.9. The molecule has 3 aromatic carbocycles. The van der Waals surface area contributed by atoms with Gasteiger partial charge in [-0.25, -0.2) is 0 Å². The second-order valence-corrected chi connectivity index (χ2v) is 9.34. The lowest BCUT2D eigenvalue weighted by molar-refractivity contribution is -0.145. The smallest absolute Gasteiger partial charge is 0.308 e. The van der Waals surface area contributed by atoms with Gasteiger partial charge in [0.05, 0.1) is 7.11 Å². The standard InChI is InChI=1S/C31H26O11/c1-16(32)37-15-27-29(20-10-11-22(38-17(2)33)24(12-20)36-4)41-26-14-25(39-18(3)34)28-21(35)13-23(19-8-6-5-7-9-19)40-31(28)30(26)42-27/h5-14,27,29H,15H2,1-4H3/t27-,29-/m1/s1. The fourth-order valence-electron chi connectivity index (χ4n) is 4.56. The number of benzene rings is 3. The van der Waals surface area contributed by atoms with E-state index < -0.39 is 35.5 Å². The van der Waals surface area contributed by atoms with Crippen LogP contribution in [0.25, 0.3) is 22.3 Å². The van der Waals surface area contributed by atoms with Crippen LogP contribution in [0.4, 0.5) is 0 Å². The molecule has 0 amide bonds. The molecule has 0 unspecified atom stereocenters. The molecule has 42 heavy (non-hydrogen) atoms. The van der Waals surface area contributed by atoms with Gasteiger partial charge in [-0.3, -0.25) is 19.2 Å². The van der Waals surface area contributed by atoms with Gasteiger partial charge in [-0.15, -0.1) is 0 Å². The Balaban J connectivity index is 1.68. The van der Waals surface area contributed by atoms with Crippen molar-refractivity contribution < 1.29 is 47.2 Å². The highest BCUT2D eigenvalue weighted by Crippen LogP contribution is 2.48. The minimum absolute atomic E-state index is 0.0100. The van der Waals surface area contributed by atoms with Crippen LogP contribution in [0.3, 0.4) is 0 Å². The van der Waals surface area contributed by atoms with E-state index in [0.717, 1.165) is 0 Å². The van der Waals surface area contributed by atoms with Crippen LogP contribution < -0.4 is 29.1 Å². The van der Waals surface area contributed by atoms with Crippen molar-refractivity contribution in [3.63, 3.8) is 0 Å². The fourth-order valence-corrected chi connectivity index (χ4v) is 4.56. The van der Waals surface area contributed by atoms with E-state index in [4.69, 9.17) is 32.8 Å². The van der Waals surface area contributed by atoms with E-state index >= 15 is 0 Å². The molecule has 1 aliphatic rings. The molecule has 0 saturated heterocycles. The molecule has 11 heteroatoms. The molecule has 2 atom stereocenters. The Morgan fingerprint density at radius 3 is 2.19 bits per heavy atom. The summed E-state index contributed by atoms with van der Waals surface area (Å²) in [4.78, 5) is 48.6. The summed E-state index contributed by atoms with van der Waals surface area (Å²) in [7, 11) is 1.42. The van der Waals surface area contributed by atoms with Crippen molar-refractivity contribution in [1.82, 2.24) is 0 Å². The monoisotopic (exact) mass is 574 g/mol. The number of rotatable bonds is 7. The van der Waals surface area contributed by atoms with Crippen molar-refractivity contribution in [3.8, 4) is 40.1 Å². The maximum atomic E-state index is 13.4. The van der Waals surface area contributed by atoms with Gasteiger partial charge in [0.15, 0.2) is 40.5 Å². The van der Waals surface area contributed by atoms with Crippen LogP contribution in [0.5, 0.6) is 28.7 Å². The Labute approximate surface area is 239 Å². The lowest BCUT2D eigenvalue weighted by Crippen LogP contribution is -2.37. The zero-order chi connectivity index (χ0) is 30.0. The van der Waals surface area contributed by atoms with Crippen molar-refractivity contribution in [1.29, 1.82) is 0 Å². The summed E-state index contributed by atoms with van der Waals surface area (Å²) in [5, 5.41) is -0.0238. The molecule has 5 rings (SSSR count). The predicted octanol–water partition coefficient (Wildman–Crippen LogP) is 4.76. The van der Waals surface area contributed by atoms with Gasteiger partial charge in [0.25, 0.3) is 0 Å². The summed E-state index contributed by atoms with van der Waals surface area (Å²) in [6, 6.07) is 16.4. The number of fused-ring (bicyclic) bond motifs is 3. The van der Waals surface area contributed by atoms with Gasteiger partial charge in [0.2, 0.25) is 5.75 Å². The highest BCUT2D eigenvalue weighted by atomic mass is 16.6. The Morgan fingerprint density at radius 1 is 0.810 bits per heavy atom. The van der Waals surface area contributed by atoms with Gasteiger partial charge < -0.3 is 32.8 Å². The number of hydrogen-bond donors (Lipinski definition) is 0. The van der Waals surface area contributed by atoms with Gasteiger partial charge >= 0.3 is 17.9 Å². The number of hydrogen-bond acceptors (Lipinski definition) is 11. The van der Waals surface area contributed by atoms with Crippen LogP contribution in [-0.4, -0.2) is 37.7 Å². The van der Waals surface area contributed by atoms with E-state index in [9.17, 15) is 19.2 Å². The van der Waals surface area contributed by atoms with E-state index in [0.29, 0.717) is 11.1 Å². The molecule has 1 aromatic heterocycles. The SMILES string of the molecule is COc1cc([C@H]2Oc3cc(OC(C)=O)c4c(=O)cc(-c5ccccc5)oc4c3O[C@@H]2COC(C)=O)ccc1OC(C)=O. The van der Waals surface area contributed by atoms with E-state index in [-0.39, 0.29) is 52.1 Å². The van der Waals surface area contributed by atoms with Gasteiger partial charge in [-0.1, -0.05) is 36.4 Å². The van der Waals surface area contributed by atoms with Crippen molar-refractivity contribution in [2.24, 2.45) is 0 Å². The average Bonchev–Trinajstić information content (AvgIpc) is 2.95. The average molecular weight is 575 g/mol.